The summed E-state index contributed by atoms with van der Waals surface area (Å²) in [5.74, 6) is 0.486. The van der Waals surface area contributed by atoms with Crippen LogP contribution in [0.4, 0.5) is 4.39 Å². The van der Waals surface area contributed by atoms with Crippen LogP contribution in [-0.2, 0) is 11.3 Å². The molecule has 1 N–H and O–H groups in total. The fraction of sp³-hybridized carbons (Fsp3) is 0.682. The molecule has 0 spiro atoms. The molecule has 1 unspecified atom stereocenters. The van der Waals surface area contributed by atoms with Gasteiger partial charge in [-0.05, 0) is 64.2 Å². The number of rotatable bonds is 6. The van der Waals surface area contributed by atoms with E-state index >= 15 is 0 Å². The van der Waals surface area contributed by atoms with Crippen LogP contribution in [0, 0.1) is 11.7 Å². The first kappa shape index (κ1) is 19.6. The summed E-state index contributed by atoms with van der Waals surface area (Å²) in [4.78, 5) is 17.3. The average Bonchev–Trinajstić information content (AvgIpc) is 3.54. The van der Waals surface area contributed by atoms with E-state index in [-0.39, 0.29) is 17.6 Å². The lowest BCUT2D eigenvalue weighted by Crippen LogP contribution is -2.50. The van der Waals surface area contributed by atoms with Crippen LogP contribution in [-0.4, -0.2) is 61.1 Å². The van der Waals surface area contributed by atoms with Crippen LogP contribution in [0.5, 0.6) is 5.75 Å². The van der Waals surface area contributed by atoms with Gasteiger partial charge < -0.3 is 10.1 Å². The van der Waals surface area contributed by atoms with Crippen LogP contribution < -0.4 is 10.1 Å². The minimum Gasteiger partial charge on any atom is -0.494 e. The molecule has 0 radical (unpaired) electrons. The normalized spacial score (nSPS) is 24.9. The van der Waals surface area contributed by atoms with Crippen molar-refractivity contribution in [2.45, 2.75) is 57.2 Å². The fourth-order valence-corrected chi connectivity index (χ4v) is 4.62. The molecular weight excluding hydrogens is 357 g/mol. The first-order valence-electron chi connectivity index (χ1n) is 10.7. The number of amides is 1. The van der Waals surface area contributed by atoms with Gasteiger partial charge in [0, 0.05) is 30.7 Å². The molecule has 2 saturated heterocycles. The van der Waals surface area contributed by atoms with Gasteiger partial charge in [-0.3, -0.25) is 14.6 Å². The van der Waals surface area contributed by atoms with Gasteiger partial charge in [0.05, 0.1) is 13.0 Å². The SMILES string of the molecule is COc1cccc(CN2CCC(N3CCCC(C(=O)NC4CC4)C3)CC2)c1F. The number of methoxy groups -OCH3 is 1. The van der Waals surface area contributed by atoms with E-state index in [2.05, 4.69) is 15.1 Å². The maximum atomic E-state index is 14.4. The maximum absolute atomic E-state index is 14.4. The molecule has 3 fully saturated rings. The highest BCUT2D eigenvalue weighted by Crippen LogP contribution is 2.27. The highest BCUT2D eigenvalue weighted by Gasteiger charge is 2.33. The predicted molar refractivity (Wildman–Crippen MR) is 107 cm³/mol. The number of nitrogens with zero attached hydrogens (tertiary/aromatic N) is 2. The van der Waals surface area contributed by atoms with E-state index in [9.17, 15) is 9.18 Å². The van der Waals surface area contributed by atoms with Gasteiger partial charge in [0.2, 0.25) is 5.91 Å². The fourth-order valence-electron chi connectivity index (χ4n) is 4.62. The number of carbonyl (C=O) groups is 1. The number of likely N-dealkylation sites (tertiary alicyclic amines) is 2. The molecule has 1 aliphatic carbocycles. The lowest BCUT2D eigenvalue weighted by molar-refractivity contribution is -0.127. The van der Waals surface area contributed by atoms with Crippen molar-refractivity contribution in [3.05, 3.63) is 29.6 Å². The molecule has 28 heavy (non-hydrogen) atoms. The maximum Gasteiger partial charge on any atom is 0.224 e. The number of hydrogen-bond acceptors (Lipinski definition) is 4. The van der Waals surface area contributed by atoms with Gasteiger partial charge in [-0.15, -0.1) is 0 Å². The topological polar surface area (TPSA) is 44.8 Å². The van der Waals surface area contributed by atoms with Crippen molar-refractivity contribution in [3.63, 3.8) is 0 Å². The van der Waals surface area contributed by atoms with Crippen LogP contribution in [0.25, 0.3) is 0 Å². The molecule has 5 nitrogen and oxygen atoms in total. The van der Waals surface area contributed by atoms with Crippen molar-refractivity contribution >= 4 is 5.91 Å². The summed E-state index contributed by atoms with van der Waals surface area (Å²) in [5.41, 5.74) is 0.701. The molecule has 3 aliphatic rings. The van der Waals surface area contributed by atoms with E-state index in [4.69, 9.17) is 4.74 Å². The molecule has 4 rings (SSSR count). The molecule has 6 heteroatoms. The van der Waals surface area contributed by atoms with Gasteiger partial charge in [-0.25, -0.2) is 4.39 Å². The van der Waals surface area contributed by atoms with Gasteiger partial charge in [0.1, 0.15) is 0 Å². The van der Waals surface area contributed by atoms with Gasteiger partial charge in [-0.2, -0.15) is 0 Å². The summed E-state index contributed by atoms with van der Waals surface area (Å²) in [6.07, 6.45) is 6.59. The monoisotopic (exact) mass is 389 g/mol. The zero-order valence-corrected chi connectivity index (χ0v) is 16.8. The van der Waals surface area contributed by atoms with Crippen molar-refractivity contribution in [2.75, 3.05) is 33.3 Å². The van der Waals surface area contributed by atoms with E-state index < -0.39 is 0 Å². The quantitative estimate of drug-likeness (QED) is 0.813. The minimum atomic E-state index is -0.243. The molecule has 1 aromatic carbocycles. The Kier molecular flexibility index (Phi) is 6.16. The summed E-state index contributed by atoms with van der Waals surface area (Å²) in [7, 11) is 1.50. The third-order valence-corrected chi connectivity index (χ3v) is 6.48. The Bertz CT molecular complexity index is 686. The summed E-state index contributed by atoms with van der Waals surface area (Å²) >= 11 is 0. The molecule has 2 aliphatic heterocycles. The van der Waals surface area contributed by atoms with Crippen LogP contribution >= 0.6 is 0 Å². The van der Waals surface area contributed by atoms with Crippen molar-refractivity contribution in [3.8, 4) is 5.75 Å². The highest BCUT2D eigenvalue weighted by molar-refractivity contribution is 5.79. The zero-order valence-electron chi connectivity index (χ0n) is 16.8. The number of benzene rings is 1. The van der Waals surface area contributed by atoms with E-state index in [0.717, 1.165) is 64.7 Å². The smallest absolute Gasteiger partial charge is 0.224 e. The van der Waals surface area contributed by atoms with Crippen molar-refractivity contribution in [1.29, 1.82) is 0 Å². The summed E-state index contributed by atoms with van der Waals surface area (Å²) in [6.45, 7) is 4.56. The summed E-state index contributed by atoms with van der Waals surface area (Å²) in [5, 5.41) is 3.18. The van der Waals surface area contributed by atoms with Gasteiger partial charge in [0.25, 0.3) is 0 Å². The van der Waals surface area contributed by atoms with E-state index in [1.54, 1.807) is 6.07 Å². The number of ether oxygens (including phenoxy) is 1. The summed E-state index contributed by atoms with van der Waals surface area (Å²) in [6, 6.07) is 6.35. The second-order valence-electron chi connectivity index (χ2n) is 8.56. The van der Waals surface area contributed by atoms with Crippen molar-refractivity contribution < 1.29 is 13.9 Å². The van der Waals surface area contributed by atoms with Crippen LogP contribution in [0.2, 0.25) is 0 Å². The number of halogens is 1. The summed E-state index contributed by atoms with van der Waals surface area (Å²) < 4.78 is 19.5. The average molecular weight is 390 g/mol. The molecular formula is C22H32FN3O2. The first-order chi connectivity index (χ1) is 13.6. The Balaban J connectivity index is 1.27. The van der Waals surface area contributed by atoms with E-state index in [1.165, 1.54) is 7.11 Å². The van der Waals surface area contributed by atoms with Crippen molar-refractivity contribution in [1.82, 2.24) is 15.1 Å². The van der Waals surface area contributed by atoms with Crippen LogP contribution in [0.3, 0.4) is 0 Å². The Morgan fingerprint density at radius 3 is 2.68 bits per heavy atom. The number of carbonyl (C=O) groups excluding carboxylic acids is 1. The lowest BCUT2D eigenvalue weighted by Gasteiger charge is -2.42. The zero-order chi connectivity index (χ0) is 19.5. The van der Waals surface area contributed by atoms with Crippen LogP contribution in [0.15, 0.2) is 18.2 Å². The number of piperidine rings is 2. The Morgan fingerprint density at radius 2 is 1.96 bits per heavy atom. The lowest BCUT2D eigenvalue weighted by atomic mass is 9.93. The Morgan fingerprint density at radius 1 is 1.18 bits per heavy atom. The molecule has 154 valence electrons. The molecule has 0 aromatic heterocycles. The number of hydrogen-bond donors (Lipinski definition) is 1. The largest absolute Gasteiger partial charge is 0.494 e. The molecule has 1 saturated carbocycles. The predicted octanol–water partition coefficient (Wildman–Crippen LogP) is 2.79. The minimum absolute atomic E-state index is 0.151. The second kappa shape index (κ2) is 8.78. The van der Waals surface area contributed by atoms with Crippen LogP contribution in [0.1, 0.15) is 44.1 Å². The molecule has 2 heterocycles. The van der Waals surface area contributed by atoms with Gasteiger partial charge >= 0.3 is 0 Å². The highest BCUT2D eigenvalue weighted by atomic mass is 19.1. The third-order valence-electron chi connectivity index (χ3n) is 6.48. The van der Waals surface area contributed by atoms with E-state index in [0.29, 0.717) is 29.9 Å². The first-order valence-corrected chi connectivity index (χ1v) is 10.7. The Hall–Kier alpha value is -1.66. The molecule has 1 aromatic rings. The number of nitrogens with one attached hydrogen (secondary N) is 1. The van der Waals surface area contributed by atoms with Gasteiger partial charge in [-0.1, -0.05) is 12.1 Å². The molecule has 1 atom stereocenters. The second-order valence-corrected chi connectivity index (χ2v) is 8.56. The van der Waals surface area contributed by atoms with Crippen molar-refractivity contribution in [2.24, 2.45) is 5.92 Å². The molecule has 0 bridgehead atoms. The standard InChI is InChI=1S/C22H32FN3O2/c1-28-20-6-2-4-16(21(20)23)14-25-12-9-19(10-13-25)26-11-3-5-17(15-26)22(27)24-18-7-8-18/h2,4,6,17-19H,3,5,7-15H2,1H3,(H,24,27). The molecule has 1 amide bonds. The third kappa shape index (κ3) is 4.66. The van der Waals surface area contributed by atoms with E-state index in [1.807, 2.05) is 12.1 Å². The van der Waals surface area contributed by atoms with Gasteiger partial charge in [0.15, 0.2) is 11.6 Å². The Labute approximate surface area is 167 Å².